The van der Waals surface area contributed by atoms with Gasteiger partial charge in [0, 0.05) is 22.3 Å². The van der Waals surface area contributed by atoms with Crippen molar-refractivity contribution in [2.45, 2.75) is 0 Å². The molecule has 0 saturated heterocycles. The summed E-state index contributed by atoms with van der Waals surface area (Å²) in [6.45, 7) is 0. The van der Waals surface area contributed by atoms with Gasteiger partial charge in [-0.25, -0.2) is 0 Å². The average molecular weight is 290 g/mol. The van der Waals surface area contributed by atoms with Gasteiger partial charge in [-0.1, -0.05) is 59.5 Å². The first-order valence-corrected chi connectivity index (χ1v) is 7.55. The Morgan fingerprint density at radius 1 is 0.435 bits per heavy atom. The van der Waals surface area contributed by atoms with Gasteiger partial charge in [-0.3, -0.25) is 0 Å². The first-order chi connectivity index (χ1) is 11.3. The molecule has 0 aliphatic carbocycles. The highest BCUT2D eigenvalue weighted by Crippen LogP contribution is 2.04. The van der Waals surface area contributed by atoms with Crippen LogP contribution in [0.25, 0.3) is 0 Å². The predicted octanol–water partition coefficient (Wildman–Crippen LogP) is 2.74. The molecule has 0 radical (unpaired) electrons. The third-order valence-corrected chi connectivity index (χ3v) is 3.41. The van der Waals surface area contributed by atoms with Crippen molar-refractivity contribution in [1.29, 1.82) is 0 Å². The molecule has 3 rings (SSSR count). The zero-order valence-corrected chi connectivity index (χ0v) is 13.0. The summed E-state index contributed by atoms with van der Waals surface area (Å²) in [5.74, 6) is 12.7. The van der Waals surface area contributed by atoms with Gasteiger partial charge < -0.3 is 0 Å². The highest BCUT2D eigenvalue weighted by atomic mass is 13.9. The summed E-state index contributed by atoms with van der Waals surface area (Å²) in [4.78, 5) is 0. The second-order valence-electron chi connectivity index (χ2n) is 5.31. The fourth-order valence-electron chi connectivity index (χ4n) is 2.08. The summed E-state index contributed by atoms with van der Waals surface area (Å²) in [6.07, 6.45) is 0. The summed E-state index contributed by atoms with van der Waals surface area (Å²) < 4.78 is 0. The van der Waals surface area contributed by atoms with Crippen molar-refractivity contribution in [3.8, 4) is 23.7 Å². The van der Waals surface area contributed by atoms with Crippen LogP contribution in [0, 0.1) is 23.7 Å². The smallest absolute Gasteiger partial charge is 0.0889 e. The van der Waals surface area contributed by atoms with Crippen molar-refractivity contribution in [2.75, 3.05) is 0 Å². The van der Waals surface area contributed by atoms with E-state index in [9.17, 15) is 0 Å². The molecule has 0 aliphatic heterocycles. The second-order valence-corrected chi connectivity index (χ2v) is 5.31. The monoisotopic (exact) mass is 290 g/mol. The molecular formula is C22H15B. The molecule has 0 spiro atoms. The van der Waals surface area contributed by atoms with Crippen LogP contribution in [0.4, 0.5) is 0 Å². The summed E-state index contributed by atoms with van der Waals surface area (Å²) in [7, 11) is 2.08. The maximum Gasteiger partial charge on any atom is 0.139 e. The molecule has 0 aromatic heterocycles. The Kier molecular flexibility index (Phi) is 4.63. The van der Waals surface area contributed by atoms with Gasteiger partial charge in [-0.15, -0.1) is 0 Å². The minimum Gasteiger partial charge on any atom is -0.0889 e. The lowest BCUT2D eigenvalue weighted by molar-refractivity contribution is 1.59. The van der Waals surface area contributed by atoms with Crippen molar-refractivity contribution in [3.05, 3.63) is 101 Å². The lowest BCUT2D eigenvalue weighted by Crippen LogP contribution is -1.99. The molecule has 3 aromatic carbocycles. The minimum atomic E-state index is 0.995. The minimum absolute atomic E-state index is 0.995. The van der Waals surface area contributed by atoms with Crippen LogP contribution < -0.4 is 5.46 Å². The predicted molar refractivity (Wildman–Crippen MR) is 99.5 cm³/mol. The fraction of sp³-hybridized carbons (Fsp3) is 0. The third kappa shape index (κ3) is 4.40. The van der Waals surface area contributed by atoms with Gasteiger partial charge in [0.15, 0.2) is 0 Å². The molecule has 0 saturated carbocycles. The van der Waals surface area contributed by atoms with Crippen LogP contribution in [0.3, 0.4) is 0 Å². The standard InChI is InChI=1S/C22H15B/c23-22-16-14-21(15-17-22)13-12-20-10-8-19(9-11-20)7-6-18-4-2-1-3-5-18/h1-5,8-11,14-17H,23H2. The average Bonchev–Trinajstić information content (AvgIpc) is 2.61. The lowest BCUT2D eigenvalue weighted by Gasteiger charge is -1.93. The van der Waals surface area contributed by atoms with Crippen LogP contribution >= 0.6 is 0 Å². The van der Waals surface area contributed by atoms with E-state index in [0.29, 0.717) is 0 Å². The molecule has 1 heteroatoms. The summed E-state index contributed by atoms with van der Waals surface area (Å²) in [5.41, 5.74) is 5.29. The summed E-state index contributed by atoms with van der Waals surface area (Å²) in [6, 6.07) is 26.3. The van der Waals surface area contributed by atoms with Gasteiger partial charge in [0.05, 0.1) is 0 Å². The van der Waals surface area contributed by atoms with Crippen LogP contribution in [0.5, 0.6) is 0 Å². The van der Waals surface area contributed by atoms with E-state index in [1.54, 1.807) is 0 Å². The lowest BCUT2D eigenvalue weighted by atomic mass is 9.95. The SMILES string of the molecule is Bc1ccc(C#Cc2ccc(C#Cc3ccccc3)cc2)cc1. The Labute approximate surface area is 138 Å². The van der Waals surface area contributed by atoms with E-state index in [0.717, 1.165) is 22.3 Å². The van der Waals surface area contributed by atoms with E-state index in [4.69, 9.17) is 0 Å². The van der Waals surface area contributed by atoms with Crippen molar-refractivity contribution in [2.24, 2.45) is 0 Å². The molecule has 0 nitrogen and oxygen atoms in total. The van der Waals surface area contributed by atoms with E-state index in [2.05, 4.69) is 43.7 Å². The van der Waals surface area contributed by atoms with Gasteiger partial charge in [-0.2, -0.15) is 0 Å². The van der Waals surface area contributed by atoms with Gasteiger partial charge >= 0.3 is 0 Å². The topological polar surface area (TPSA) is 0 Å². The largest absolute Gasteiger partial charge is 0.139 e. The first kappa shape index (κ1) is 14.8. The summed E-state index contributed by atoms with van der Waals surface area (Å²) in [5, 5.41) is 0. The Bertz CT molecular complexity index is 897. The molecule has 106 valence electrons. The van der Waals surface area contributed by atoms with Crippen LogP contribution in [-0.2, 0) is 0 Å². The highest BCUT2D eigenvalue weighted by molar-refractivity contribution is 6.32. The van der Waals surface area contributed by atoms with Crippen LogP contribution in [0.15, 0.2) is 78.9 Å². The molecule has 0 N–H and O–H groups in total. The molecule has 0 atom stereocenters. The van der Waals surface area contributed by atoms with Gasteiger partial charge in [0.1, 0.15) is 7.85 Å². The molecule has 0 heterocycles. The molecule has 0 fully saturated rings. The molecular weight excluding hydrogens is 275 g/mol. The zero-order valence-electron chi connectivity index (χ0n) is 13.0. The normalized spacial score (nSPS) is 9.22. The van der Waals surface area contributed by atoms with Crippen molar-refractivity contribution >= 4 is 13.3 Å². The van der Waals surface area contributed by atoms with Crippen LogP contribution in [0.1, 0.15) is 22.3 Å². The molecule has 0 bridgehead atoms. The van der Waals surface area contributed by atoms with Crippen LogP contribution in [0.2, 0.25) is 0 Å². The second kappa shape index (κ2) is 7.21. The van der Waals surface area contributed by atoms with Crippen molar-refractivity contribution in [1.82, 2.24) is 0 Å². The quantitative estimate of drug-likeness (QED) is 0.441. The maximum atomic E-state index is 3.18. The van der Waals surface area contributed by atoms with Crippen molar-refractivity contribution in [3.63, 3.8) is 0 Å². The van der Waals surface area contributed by atoms with E-state index in [-0.39, 0.29) is 0 Å². The Morgan fingerprint density at radius 2 is 0.783 bits per heavy atom. The number of benzene rings is 3. The zero-order chi connectivity index (χ0) is 15.9. The Morgan fingerprint density at radius 3 is 1.22 bits per heavy atom. The molecule has 3 aromatic rings. The molecule has 0 amide bonds. The van der Waals surface area contributed by atoms with E-state index >= 15 is 0 Å². The first-order valence-electron chi connectivity index (χ1n) is 7.55. The number of rotatable bonds is 0. The fourth-order valence-corrected chi connectivity index (χ4v) is 2.08. The third-order valence-electron chi connectivity index (χ3n) is 3.41. The van der Waals surface area contributed by atoms with Crippen molar-refractivity contribution < 1.29 is 0 Å². The van der Waals surface area contributed by atoms with E-state index in [1.807, 2.05) is 66.7 Å². The number of hydrogen-bond donors (Lipinski definition) is 0. The summed E-state index contributed by atoms with van der Waals surface area (Å²) >= 11 is 0. The van der Waals surface area contributed by atoms with E-state index in [1.165, 1.54) is 5.46 Å². The Hall–Kier alpha value is -3.16. The molecule has 23 heavy (non-hydrogen) atoms. The maximum absolute atomic E-state index is 3.18. The Balaban J connectivity index is 1.73. The highest BCUT2D eigenvalue weighted by Gasteiger charge is 1.90. The van der Waals surface area contributed by atoms with Gasteiger partial charge in [-0.05, 0) is 48.5 Å². The number of hydrogen-bond acceptors (Lipinski definition) is 0. The molecule has 0 unspecified atom stereocenters. The van der Waals surface area contributed by atoms with Crippen LogP contribution in [-0.4, -0.2) is 7.85 Å². The van der Waals surface area contributed by atoms with Gasteiger partial charge in [0.25, 0.3) is 0 Å². The van der Waals surface area contributed by atoms with E-state index < -0.39 is 0 Å². The molecule has 0 aliphatic rings. The van der Waals surface area contributed by atoms with Gasteiger partial charge in [0.2, 0.25) is 0 Å².